The van der Waals surface area contributed by atoms with E-state index < -0.39 is 0 Å². The summed E-state index contributed by atoms with van der Waals surface area (Å²) in [4.78, 5) is 25.9. The first-order valence-electron chi connectivity index (χ1n) is 7.45. The minimum absolute atomic E-state index is 0.116. The van der Waals surface area contributed by atoms with Gasteiger partial charge in [0.25, 0.3) is 0 Å². The van der Waals surface area contributed by atoms with Crippen LogP contribution in [-0.2, 0) is 19.1 Å². The molecule has 0 saturated heterocycles. The number of rotatable bonds is 7. The smallest absolute Gasteiger partial charge is 0.310 e. The number of carbonyl (C=O) groups is 2. The normalized spacial score (nSPS) is 17.6. The minimum Gasteiger partial charge on any atom is -0.469 e. The number of methoxy groups -OCH3 is 2. The van der Waals surface area contributed by atoms with Crippen molar-refractivity contribution < 1.29 is 19.1 Å². The summed E-state index contributed by atoms with van der Waals surface area (Å²) in [7, 11) is 2.99. The van der Waals surface area contributed by atoms with Crippen molar-refractivity contribution in [3.05, 3.63) is 0 Å². The number of ether oxygens (including phenoxy) is 2. The van der Waals surface area contributed by atoms with Crippen molar-refractivity contribution in [2.75, 3.05) is 33.9 Å². The van der Waals surface area contributed by atoms with Gasteiger partial charge in [-0.3, -0.25) is 9.59 Å². The fourth-order valence-corrected chi connectivity index (χ4v) is 2.71. The van der Waals surface area contributed by atoms with E-state index in [-0.39, 0.29) is 23.7 Å². The Bertz CT molecular complexity index is 313. The Hall–Kier alpha value is -1.10. The maximum absolute atomic E-state index is 12.6. The average molecular weight is 285 g/mol. The van der Waals surface area contributed by atoms with Crippen molar-refractivity contribution in [2.45, 2.75) is 39.0 Å². The predicted octanol–water partition coefficient (Wildman–Crippen LogP) is 1.85. The van der Waals surface area contributed by atoms with E-state index in [1.54, 1.807) is 18.9 Å². The van der Waals surface area contributed by atoms with Crippen molar-refractivity contribution >= 4 is 11.9 Å². The molecule has 0 aliphatic heterocycles. The summed E-state index contributed by atoms with van der Waals surface area (Å²) in [5.41, 5.74) is 0. The molecule has 0 bridgehead atoms. The van der Waals surface area contributed by atoms with Gasteiger partial charge in [-0.15, -0.1) is 0 Å². The quantitative estimate of drug-likeness (QED) is 0.670. The zero-order valence-corrected chi connectivity index (χ0v) is 12.9. The lowest BCUT2D eigenvalue weighted by Crippen LogP contribution is -2.42. The fraction of sp³-hybridized carbons (Fsp3) is 0.867. The highest BCUT2D eigenvalue weighted by atomic mass is 16.5. The standard InChI is InChI=1S/C15H27NO4/c1-12(15(18)20-3)11-16(9-10-19-2)14(17)13-7-5-4-6-8-13/h12-13H,4-11H2,1-3H3. The number of nitrogens with zero attached hydrogens (tertiary/aromatic N) is 1. The van der Waals surface area contributed by atoms with Gasteiger partial charge >= 0.3 is 5.97 Å². The molecule has 0 heterocycles. The van der Waals surface area contributed by atoms with Gasteiger partial charge in [-0.1, -0.05) is 26.2 Å². The zero-order chi connectivity index (χ0) is 15.0. The monoisotopic (exact) mass is 285 g/mol. The lowest BCUT2D eigenvalue weighted by Gasteiger charge is -2.30. The van der Waals surface area contributed by atoms with E-state index in [1.165, 1.54) is 13.5 Å². The summed E-state index contributed by atoms with van der Waals surface area (Å²) in [6.07, 6.45) is 5.41. The molecule has 0 aromatic carbocycles. The summed E-state index contributed by atoms with van der Waals surface area (Å²) in [5.74, 6) is -0.295. The third-order valence-corrected chi connectivity index (χ3v) is 3.93. The number of hydrogen-bond acceptors (Lipinski definition) is 4. The van der Waals surface area contributed by atoms with Gasteiger partial charge in [-0.05, 0) is 12.8 Å². The van der Waals surface area contributed by atoms with Crippen LogP contribution in [0, 0.1) is 11.8 Å². The highest BCUT2D eigenvalue weighted by molar-refractivity contribution is 5.80. The number of esters is 1. The molecule has 0 spiro atoms. The predicted molar refractivity (Wildman–Crippen MR) is 76.2 cm³/mol. The van der Waals surface area contributed by atoms with Gasteiger partial charge in [0.05, 0.1) is 19.6 Å². The van der Waals surface area contributed by atoms with Crippen LogP contribution in [0.15, 0.2) is 0 Å². The highest BCUT2D eigenvalue weighted by Crippen LogP contribution is 2.25. The Labute approximate surface area is 121 Å². The van der Waals surface area contributed by atoms with E-state index >= 15 is 0 Å². The van der Waals surface area contributed by atoms with Crippen LogP contribution in [0.25, 0.3) is 0 Å². The molecular weight excluding hydrogens is 258 g/mol. The molecule has 1 fully saturated rings. The van der Waals surface area contributed by atoms with Gasteiger partial charge in [0.15, 0.2) is 0 Å². The van der Waals surface area contributed by atoms with Gasteiger partial charge in [0, 0.05) is 26.1 Å². The van der Waals surface area contributed by atoms with Gasteiger partial charge < -0.3 is 14.4 Å². The van der Waals surface area contributed by atoms with Crippen LogP contribution in [0.2, 0.25) is 0 Å². The van der Waals surface area contributed by atoms with Gasteiger partial charge in [-0.2, -0.15) is 0 Å². The Balaban J connectivity index is 2.61. The summed E-state index contributed by atoms with van der Waals surface area (Å²) >= 11 is 0. The van der Waals surface area contributed by atoms with Crippen LogP contribution >= 0.6 is 0 Å². The third kappa shape index (κ3) is 5.12. The van der Waals surface area contributed by atoms with Gasteiger partial charge in [-0.25, -0.2) is 0 Å². The van der Waals surface area contributed by atoms with E-state index in [4.69, 9.17) is 9.47 Å². The van der Waals surface area contributed by atoms with Crippen molar-refractivity contribution in [1.82, 2.24) is 4.90 Å². The van der Waals surface area contributed by atoms with Crippen molar-refractivity contribution in [2.24, 2.45) is 11.8 Å². The highest BCUT2D eigenvalue weighted by Gasteiger charge is 2.28. The van der Waals surface area contributed by atoms with Gasteiger partial charge in [0.2, 0.25) is 5.91 Å². The molecule has 1 aliphatic rings. The van der Waals surface area contributed by atoms with E-state index in [9.17, 15) is 9.59 Å². The van der Waals surface area contributed by atoms with Gasteiger partial charge in [0.1, 0.15) is 0 Å². The lowest BCUT2D eigenvalue weighted by molar-refractivity contribution is -0.147. The molecule has 0 radical (unpaired) electrons. The maximum Gasteiger partial charge on any atom is 0.310 e. The van der Waals surface area contributed by atoms with Crippen LogP contribution in [-0.4, -0.2) is 50.7 Å². The Morgan fingerprint density at radius 1 is 1.20 bits per heavy atom. The lowest BCUT2D eigenvalue weighted by atomic mass is 9.88. The van der Waals surface area contributed by atoms with Crippen molar-refractivity contribution in [1.29, 1.82) is 0 Å². The third-order valence-electron chi connectivity index (χ3n) is 3.93. The van der Waals surface area contributed by atoms with E-state index in [0.29, 0.717) is 19.7 Å². The summed E-state index contributed by atoms with van der Waals surface area (Å²) in [6, 6.07) is 0. The molecule has 0 aromatic heterocycles. The molecule has 0 aromatic rings. The average Bonchev–Trinajstić information content (AvgIpc) is 2.50. The Kier molecular flexibility index (Phi) is 7.59. The molecule has 116 valence electrons. The van der Waals surface area contributed by atoms with E-state index in [0.717, 1.165) is 25.7 Å². The summed E-state index contributed by atoms with van der Waals surface area (Å²) in [6.45, 7) is 3.23. The molecule has 20 heavy (non-hydrogen) atoms. The van der Waals surface area contributed by atoms with Crippen LogP contribution in [0.4, 0.5) is 0 Å². The molecule has 0 N–H and O–H groups in total. The van der Waals surface area contributed by atoms with Crippen LogP contribution < -0.4 is 0 Å². The van der Waals surface area contributed by atoms with Crippen LogP contribution in [0.5, 0.6) is 0 Å². The zero-order valence-electron chi connectivity index (χ0n) is 12.9. The molecule has 1 aliphatic carbocycles. The summed E-state index contributed by atoms with van der Waals surface area (Å²) in [5, 5.41) is 0. The number of hydrogen-bond donors (Lipinski definition) is 0. The largest absolute Gasteiger partial charge is 0.469 e. The SMILES string of the molecule is COCCN(CC(C)C(=O)OC)C(=O)C1CCCCC1. The van der Waals surface area contributed by atoms with E-state index in [2.05, 4.69) is 0 Å². The molecule has 1 atom stereocenters. The molecule has 1 rings (SSSR count). The second kappa shape index (κ2) is 8.95. The Morgan fingerprint density at radius 3 is 2.40 bits per heavy atom. The molecule has 5 heteroatoms. The number of carbonyl (C=O) groups excluding carboxylic acids is 2. The Morgan fingerprint density at radius 2 is 1.85 bits per heavy atom. The minimum atomic E-state index is -0.301. The molecular formula is C15H27NO4. The first-order valence-corrected chi connectivity index (χ1v) is 7.45. The second-order valence-corrected chi connectivity index (χ2v) is 5.54. The van der Waals surface area contributed by atoms with Crippen molar-refractivity contribution in [3.63, 3.8) is 0 Å². The first-order chi connectivity index (χ1) is 9.60. The first kappa shape index (κ1) is 17.0. The van der Waals surface area contributed by atoms with Crippen molar-refractivity contribution in [3.8, 4) is 0 Å². The molecule has 1 amide bonds. The molecule has 1 unspecified atom stereocenters. The van der Waals surface area contributed by atoms with Crippen LogP contribution in [0.1, 0.15) is 39.0 Å². The summed E-state index contributed by atoms with van der Waals surface area (Å²) < 4.78 is 9.80. The molecule has 5 nitrogen and oxygen atoms in total. The fourth-order valence-electron chi connectivity index (χ4n) is 2.71. The van der Waals surface area contributed by atoms with E-state index in [1.807, 2.05) is 0 Å². The maximum atomic E-state index is 12.6. The van der Waals surface area contributed by atoms with Crippen LogP contribution in [0.3, 0.4) is 0 Å². The topological polar surface area (TPSA) is 55.8 Å². The molecule has 1 saturated carbocycles. The second-order valence-electron chi connectivity index (χ2n) is 5.54. The number of amides is 1.